The Bertz CT molecular complexity index is 1740. The summed E-state index contributed by atoms with van der Waals surface area (Å²) in [7, 11) is 0. The highest BCUT2D eigenvalue weighted by Crippen LogP contribution is 2.36. The van der Waals surface area contributed by atoms with E-state index in [9.17, 15) is 19.2 Å². The number of benzene rings is 4. The highest BCUT2D eigenvalue weighted by atomic mass is 35.5. The number of imide groups is 1. The van der Waals surface area contributed by atoms with Gasteiger partial charge in [-0.2, -0.15) is 0 Å². The summed E-state index contributed by atoms with van der Waals surface area (Å²) in [6.45, 7) is 1.96. The Morgan fingerprint density at radius 2 is 1.63 bits per heavy atom. The summed E-state index contributed by atoms with van der Waals surface area (Å²) in [6.07, 6.45) is 1.61. The first-order valence-corrected chi connectivity index (χ1v) is 14.9. The molecule has 7 nitrogen and oxygen atoms in total. The van der Waals surface area contributed by atoms with Crippen molar-refractivity contribution in [3.05, 3.63) is 129 Å². The van der Waals surface area contributed by atoms with E-state index in [1.54, 1.807) is 66.7 Å². The molecule has 5 rings (SSSR count). The van der Waals surface area contributed by atoms with Crippen LogP contribution in [0.1, 0.15) is 27.9 Å². The number of aryl methyl sites for hydroxylation is 1. The molecule has 4 amide bonds. The third-order valence-electron chi connectivity index (χ3n) is 6.55. The third kappa shape index (κ3) is 7.35. The Hall–Kier alpha value is -4.37. The maximum atomic E-state index is 13.4. The Labute approximate surface area is 262 Å². The number of anilines is 2. The quantitative estimate of drug-likeness (QED) is 0.160. The van der Waals surface area contributed by atoms with Gasteiger partial charge in [-0.05, 0) is 67.1 Å². The first-order valence-electron chi connectivity index (χ1n) is 13.2. The molecule has 4 aromatic carbocycles. The molecule has 0 aromatic heterocycles. The van der Waals surface area contributed by atoms with Crippen molar-refractivity contribution in [1.82, 2.24) is 5.32 Å². The smallest absolute Gasteiger partial charge is 0.272 e. The summed E-state index contributed by atoms with van der Waals surface area (Å²) in [5, 5.41) is 5.48. The van der Waals surface area contributed by atoms with Gasteiger partial charge in [-0.25, -0.2) is 4.90 Å². The van der Waals surface area contributed by atoms with Crippen LogP contribution in [0.4, 0.5) is 11.4 Å². The van der Waals surface area contributed by atoms with Gasteiger partial charge in [-0.3, -0.25) is 19.2 Å². The lowest BCUT2D eigenvalue weighted by Gasteiger charge is -2.16. The number of hydrogen-bond donors (Lipinski definition) is 2. The van der Waals surface area contributed by atoms with E-state index in [0.717, 1.165) is 16.0 Å². The fourth-order valence-electron chi connectivity index (χ4n) is 4.37. The van der Waals surface area contributed by atoms with Gasteiger partial charge in [0.2, 0.25) is 11.8 Å². The van der Waals surface area contributed by atoms with Gasteiger partial charge in [0.05, 0.1) is 21.0 Å². The molecule has 0 spiro atoms. The average molecular weight is 631 g/mol. The molecule has 1 aliphatic rings. The Morgan fingerprint density at radius 1 is 0.884 bits per heavy atom. The second-order valence-corrected chi connectivity index (χ2v) is 11.8. The molecule has 2 N–H and O–H groups in total. The van der Waals surface area contributed by atoms with Crippen molar-refractivity contribution in [2.24, 2.45) is 0 Å². The summed E-state index contributed by atoms with van der Waals surface area (Å²) in [6, 6.07) is 27.7. The van der Waals surface area contributed by atoms with Crippen molar-refractivity contribution in [2.45, 2.75) is 23.5 Å². The third-order valence-corrected chi connectivity index (χ3v) is 8.47. The highest BCUT2D eigenvalue weighted by molar-refractivity contribution is 8.00. The molecule has 216 valence electrons. The summed E-state index contributed by atoms with van der Waals surface area (Å²) >= 11 is 13.3. The van der Waals surface area contributed by atoms with E-state index in [-0.39, 0.29) is 29.0 Å². The predicted molar refractivity (Wildman–Crippen MR) is 171 cm³/mol. The molecule has 43 heavy (non-hydrogen) atoms. The lowest BCUT2D eigenvalue weighted by Crippen LogP contribution is -2.31. The summed E-state index contributed by atoms with van der Waals surface area (Å²) in [5.41, 5.74) is 3.09. The van der Waals surface area contributed by atoms with Crippen LogP contribution < -0.4 is 15.5 Å². The van der Waals surface area contributed by atoms with E-state index in [2.05, 4.69) is 10.6 Å². The van der Waals surface area contributed by atoms with Gasteiger partial charge in [0.15, 0.2) is 0 Å². The van der Waals surface area contributed by atoms with Crippen LogP contribution in [0.25, 0.3) is 6.08 Å². The molecule has 0 aliphatic carbocycles. The minimum absolute atomic E-state index is 0.00921. The number of nitrogens with zero attached hydrogens (tertiary/aromatic N) is 1. The SMILES string of the molecule is Cc1ccc(/C=C(\NC(=O)c2ccccc2)C(=O)Nc2cccc(S[C@@H]3CC(=O)N(c4ccc(Cl)c(Cl)c4)C3=O)c2)cc1. The number of carbonyl (C=O) groups is 4. The van der Waals surface area contributed by atoms with Crippen LogP contribution in [0.3, 0.4) is 0 Å². The van der Waals surface area contributed by atoms with Gasteiger partial charge in [0.1, 0.15) is 5.70 Å². The minimum atomic E-state index is -0.657. The molecule has 0 saturated carbocycles. The van der Waals surface area contributed by atoms with Gasteiger partial charge >= 0.3 is 0 Å². The standard InChI is InChI=1S/C33H25Cl2N3O4S/c1-20-10-12-21(13-11-20)16-28(37-31(40)22-6-3-2-4-7-22)32(41)36-23-8-5-9-25(17-23)43-29-19-30(39)38(33(29)42)24-14-15-26(34)27(35)18-24/h2-18,29H,19H2,1H3,(H,36,41)(H,37,40)/b28-16-/t29-/m1/s1. The Kier molecular flexibility index (Phi) is 9.31. The molecule has 1 fully saturated rings. The van der Waals surface area contributed by atoms with Crippen LogP contribution >= 0.6 is 35.0 Å². The van der Waals surface area contributed by atoms with Crippen molar-refractivity contribution < 1.29 is 19.2 Å². The summed E-state index contributed by atoms with van der Waals surface area (Å²) < 4.78 is 0. The maximum Gasteiger partial charge on any atom is 0.272 e. The predicted octanol–water partition coefficient (Wildman–Crippen LogP) is 7.14. The number of nitrogens with one attached hydrogen (secondary N) is 2. The molecule has 10 heteroatoms. The molecule has 4 aromatic rings. The van der Waals surface area contributed by atoms with Crippen LogP contribution in [0.15, 0.2) is 108 Å². The van der Waals surface area contributed by atoms with Crippen LogP contribution in [0.2, 0.25) is 10.0 Å². The lowest BCUT2D eigenvalue weighted by atomic mass is 10.1. The zero-order valence-corrected chi connectivity index (χ0v) is 25.2. The number of halogens is 2. The van der Waals surface area contributed by atoms with E-state index in [1.165, 1.54) is 23.9 Å². The van der Waals surface area contributed by atoms with Gasteiger partial charge in [-0.15, -0.1) is 11.8 Å². The molecular weight excluding hydrogens is 605 g/mol. The van der Waals surface area contributed by atoms with Gasteiger partial charge in [0.25, 0.3) is 11.8 Å². The fraction of sp³-hybridized carbons (Fsp3) is 0.0909. The van der Waals surface area contributed by atoms with Crippen molar-refractivity contribution in [2.75, 3.05) is 10.2 Å². The number of hydrogen-bond acceptors (Lipinski definition) is 5. The maximum absolute atomic E-state index is 13.4. The first kappa shape index (κ1) is 30.1. The number of carbonyl (C=O) groups excluding carboxylic acids is 4. The van der Waals surface area contributed by atoms with Gasteiger partial charge in [0, 0.05) is 22.6 Å². The minimum Gasteiger partial charge on any atom is -0.321 e. The second kappa shape index (κ2) is 13.3. The molecule has 1 aliphatic heterocycles. The normalized spacial score (nSPS) is 15.0. The van der Waals surface area contributed by atoms with Crippen LogP contribution in [-0.2, 0) is 14.4 Å². The van der Waals surface area contributed by atoms with Gasteiger partial charge < -0.3 is 10.6 Å². The molecule has 1 saturated heterocycles. The van der Waals surface area contributed by atoms with Crippen molar-refractivity contribution in [1.29, 1.82) is 0 Å². The van der Waals surface area contributed by atoms with Crippen molar-refractivity contribution in [3.63, 3.8) is 0 Å². The van der Waals surface area contributed by atoms with Crippen LogP contribution in [0.5, 0.6) is 0 Å². The average Bonchev–Trinajstić information content (AvgIpc) is 3.27. The van der Waals surface area contributed by atoms with Crippen molar-refractivity contribution in [3.8, 4) is 0 Å². The molecule has 0 bridgehead atoms. The largest absolute Gasteiger partial charge is 0.321 e. The topological polar surface area (TPSA) is 95.6 Å². The molecule has 0 radical (unpaired) electrons. The molecule has 1 heterocycles. The monoisotopic (exact) mass is 629 g/mol. The summed E-state index contributed by atoms with van der Waals surface area (Å²) in [4.78, 5) is 54.1. The number of thioether (sulfide) groups is 1. The van der Waals surface area contributed by atoms with E-state index in [0.29, 0.717) is 26.9 Å². The molecular formula is C33H25Cl2N3O4S. The zero-order chi connectivity index (χ0) is 30.5. The number of rotatable bonds is 8. The zero-order valence-electron chi connectivity index (χ0n) is 22.8. The van der Waals surface area contributed by atoms with E-state index in [4.69, 9.17) is 23.2 Å². The Morgan fingerprint density at radius 3 is 2.35 bits per heavy atom. The second-order valence-electron chi connectivity index (χ2n) is 9.75. The van der Waals surface area contributed by atoms with Crippen LogP contribution in [0, 0.1) is 6.92 Å². The van der Waals surface area contributed by atoms with E-state index in [1.807, 2.05) is 31.2 Å². The van der Waals surface area contributed by atoms with E-state index < -0.39 is 17.1 Å². The molecule has 0 unspecified atom stereocenters. The Balaban J connectivity index is 1.32. The summed E-state index contributed by atoms with van der Waals surface area (Å²) in [5.74, 6) is -1.65. The first-order chi connectivity index (χ1) is 20.7. The van der Waals surface area contributed by atoms with Crippen molar-refractivity contribution >= 4 is 76.0 Å². The highest BCUT2D eigenvalue weighted by Gasteiger charge is 2.40. The number of amides is 4. The molecule has 1 atom stereocenters. The fourth-order valence-corrected chi connectivity index (χ4v) is 5.78. The lowest BCUT2D eigenvalue weighted by molar-refractivity contribution is -0.121. The van der Waals surface area contributed by atoms with E-state index >= 15 is 0 Å². The van der Waals surface area contributed by atoms with Gasteiger partial charge in [-0.1, -0.05) is 77.3 Å². The van der Waals surface area contributed by atoms with Crippen LogP contribution in [-0.4, -0.2) is 28.9 Å².